The zero-order valence-corrected chi connectivity index (χ0v) is 9.07. The summed E-state index contributed by atoms with van der Waals surface area (Å²) >= 11 is 0. The number of hydrogen-bond donors (Lipinski definition) is 3. The number of anilines is 3. The second-order valence-corrected chi connectivity index (χ2v) is 3.70. The van der Waals surface area contributed by atoms with E-state index in [4.69, 9.17) is 11.5 Å². The van der Waals surface area contributed by atoms with Crippen molar-refractivity contribution in [3.8, 4) is 0 Å². The Morgan fingerprint density at radius 2 is 1.94 bits per heavy atom. The molecule has 6 heteroatoms. The third kappa shape index (κ3) is 2.47. The van der Waals surface area contributed by atoms with Crippen molar-refractivity contribution in [1.29, 1.82) is 0 Å². The van der Waals surface area contributed by atoms with E-state index in [0.29, 0.717) is 12.5 Å². The predicted molar refractivity (Wildman–Crippen MR) is 63.6 cm³/mol. The van der Waals surface area contributed by atoms with Gasteiger partial charge in [0.1, 0.15) is 0 Å². The van der Waals surface area contributed by atoms with Gasteiger partial charge in [-0.1, -0.05) is 17.7 Å². The summed E-state index contributed by atoms with van der Waals surface area (Å²) in [6.07, 6.45) is 5.32. The van der Waals surface area contributed by atoms with Crippen LogP contribution in [0.15, 0.2) is 23.3 Å². The van der Waals surface area contributed by atoms with Crippen LogP contribution in [0.5, 0.6) is 0 Å². The first-order chi connectivity index (χ1) is 7.63. The molecule has 2 rings (SSSR count). The van der Waals surface area contributed by atoms with Crippen LogP contribution in [-0.4, -0.2) is 21.5 Å². The molecular weight excluding hydrogens is 204 g/mol. The maximum Gasteiger partial charge on any atom is 0.229 e. The molecule has 0 unspecified atom stereocenters. The Hall–Kier alpha value is -2.11. The molecule has 0 radical (unpaired) electrons. The number of rotatable bonds is 3. The van der Waals surface area contributed by atoms with Crippen molar-refractivity contribution in [2.45, 2.75) is 13.3 Å². The molecule has 0 amide bonds. The first kappa shape index (κ1) is 10.4. The van der Waals surface area contributed by atoms with Crippen LogP contribution in [0.1, 0.15) is 13.3 Å². The second-order valence-electron chi connectivity index (χ2n) is 3.70. The van der Waals surface area contributed by atoms with E-state index in [1.807, 2.05) is 0 Å². The van der Waals surface area contributed by atoms with E-state index in [9.17, 15) is 0 Å². The van der Waals surface area contributed by atoms with Gasteiger partial charge in [0.05, 0.1) is 0 Å². The van der Waals surface area contributed by atoms with Crippen LogP contribution in [0.25, 0.3) is 0 Å². The Bertz CT molecular complexity index is 442. The van der Waals surface area contributed by atoms with Gasteiger partial charge in [0.25, 0.3) is 0 Å². The maximum atomic E-state index is 5.46. The van der Waals surface area contributed by atoms with E-state index in [1.54, 1.807) is 0 Å². The molecule has 5 N–H and O–H groups in total. The van der Waals surface area contributed by atoms with Gasteiger partial charge < -0.3 is 16.8 Å². The monoisotopic (exact) mass is 218 g/mol. The Kier molecular flexibility index (Phi) is 2.72. The zero-order chi connectivity index (χ0) is 11.5. The third-order valence-corrected chi connectivity index (χ3v) is 2.24. The third-order valence-electron chi connectivity index (χ3n) is 2.24. The van der Waals surface area contributed by atoms with Crippen molar-refractivity contribution in [2.75, 3.05) is 23.3 Å². The van der Waals surface area contributed by atoms with Crippen molar-refractivity contribution in [2.24, 2.45) is 0 Å². The van der Waals surface area contributed by atoms with Gasteiger partial charge in [0.2, 0.25) is 17.8 Å². The highest BCUT2D eigenvalue weighted by molar-refractivity contribution is 5.41. The molecule has 16 heavy (non-hydrogen) atoms. The van der Waals surface area contributed by atoms with Crippen LogP contribution in [0.4, 0.5) is 17.8 Å². The van der Waals surface area contributed by atoms with Crippen LogP contribution < -0.4 is 16.8 Å². The maximum absolute atomic E-state index is 5.46. The molecule has 0 saturated heterocycles. The average Bonchev–Trinajstić information content (AvgIpc) is 2.60. The van der Waals surface area contributed by atoms with E-state index in [2.05, 4.69) is 39.3 Å². The molecule has 84 valence electrons. The van der Waals surface area contributed by atoms with Gasteiger partial charge in [-0.05, 0) is 18.9 Å². The Morgan fingerprint density at radius 3 is 2.50 bits per heavy atom. The van der Waals surface area contributed by atoms with E-state index in [1.165, 1.54) is 11.1 Å². The fraction of sp³-hybridized carbons (Fsp3) is 0.300. The van der Waals surface area contributed by atoms with E-state index >= 15 is 0 Å². The summed E-state index contributed by atoms with van der Waals surface area (Å²) in [6, 6.07) is 0. The molecule has 0 atom stereocenters. The largest absolute Gasteiger partial charge is 0.368 e. The van der Waals surface area contributed by atoms with Gasteiger partial charge in [-0.2, -0.15) is 15.0 Å². The molecule has 0 spiro atoms. The van der Waals surface area contributed by atoms with E-state index < -0.39 is 0 Å². The summed E-state index contributed by atoms with van der Waals surface area (Å²) in [4.78, 5) is 11.6. The standard InChI is InChI=1S/C10H14N6/c1-6-2-3-7(4-6)5-13-10-15-8(11)14-9(12)16-10/h3-4H,2,5H2,1H3,(H5,11,12,13,14,15,16). The van der Waals surface area contributed by atoms with Crippen LogP contribution >= 0.6 is 0 Å². The van der Waals surface area contributed by atoms with Gasteiger partial charge in [0.15, 0.2) is 0 Å². The SMILES string of the molecule is CC1=CC(CNc2nc(N)nc(N)n2)=CC1. The van der Waals surface area contributed by atoms with Crippen molar-refractivity contribution >= 4 is 17.8 Å². The first-order valence-electron chi connectivity index (χ1n) is 5.00. The lowest BCUT2D eigenvalue weighted by Gasteiger charge is -2.05. The Labute approximate surface area is 93.5 Å². The highest BCUT2D eigenvalue weighted by Crippen LogP contribution is 2.16. The van der Waals surface area contributed by atoms with Crippen LogP contribution in [0, 0.1) is 0 Å². The number of nitrogen functional groups attached to an aromatic ring is 2. The van der Waals surface area contributed by atoms with E-state index in [-0.39, 0.29) is 11.9 Å². The number of aromatic nitrogens is 3. The molecule has 1 aliphatic carbocycles. The lowest BCUT2D eigenvalue weighted by atomic mass is 10.3. The Balaban J connectivity index is 2.00. The summed E-state index contributed by atoms with van der Waals surface area (Å²) in [5.74, 6) is 0.660. The minimum absolute atomic E-state index is 0.127. The normalized spacial score (nSPS) is 14.6. The Morgan fingerprint density at radius 1 is 1.25 bits per heavy atom. The van der Waals surface area contributed by atoms with Gasteiger partial charge in [0, 0.05) is 6.54 Å². The molecule has 1 aromatic rings. The molecule has 0 bridgehead atoms. The summed E-state index contributed by atoms with van der Waals surface area (Å²) in [6.45, 7) is 2.77. The average molecular weight is 218 g/mol. The number of nitrogens with zero attached hydrogens (tertiary/aromatic N) is 3. The molecule has 0 aromatic carbocycles. The minimum Gasteiger partial charge on any atom is -0.368 e. The van der Waals surface area contributed by atoms with Crippen molar-refractivity contribution in [3.05, 3.63) is 23.3 Å². The van der Waals surface area contributed by atoms with Gasteiger partial charge in [-0.15, -0.1) is 0 Å². The summed E-state index contributed by atoms with van der Waals surface area (Å²) in [5.41, 5.74) is 13.5. The highest BCUT2D eigenvalue weighted by atomic mass is 15.2. The number of nitrogens with two attached hydrogens (primary N) is 2. The number of allylic oxidation sites excluding steroid dienone is 2. The van der Waals surface area contributed by atoms with Crippen molar-refractivity contribution in [3.63, 3.8) is 0 Å². The van der Waals surface area contributed by atoms with Crippen molar-refractivity contribution in [1.82, 2.24) is 15.0 Å². The van der Waals surface area contributed by atoms with Gasteiger partial charge >= 0.3 is 0 Å². The number of hydrogen-bond acceptors (Lipinski definition) is 6. The van der Waals surface area contributed by atoms with Crippen molar-refractivity contribution < 1.29 is 0 Å². The summed E-state index contributed by atoms with van der Waals surface area (Å²) in [5, 5.41) is 3.05. The smallest absolute Gasteiger partial charge is 0.229 e. The topological polar surface area (TPSA) is 103 Å². The molecule has 0 saturated carbocycles. The van der Waals surface area contributed by atoms with Crippen LogP contribution in [0.2, 0.25) is 0 Å². The van der Waals surface area contributed by atoms with Gasteiger partial charge in [-0.25, -0.2) is 0 Å². The summed E-state index contributed by atoms with van der Waals surface area (Å²) in [7, 11) is 0. The zero-order valence-electron chi connectivity index (χ0n) is 9.07. The molecule has 1 heterocycles. The second kappa shape index (κ2) is 4.18. The molecule has 1 aliphatic rings. The highest BCUT2D eigenvalue weighted by Gasteiger charge is 2.05. The predicted octanol–water partition coefficient (Wildman–Crippen LogP) is 0.724. The van der Waals surface area contributed by atoms with Crippen LogP contribution in [0.3, 0.4) is 0 Å². The lowest BCUT2D eigenvalue weighted by molar-refractivity contribution is 1.05. The molecular formula is C10H14N6. The lowest BCUT2D eigenvalue weighted by Crippen LogP contribution is -2.10. The number of nitrogens with one attached hydrogen (secondary N) is 1. The summed E-state index contributed by atoms with van der Waals surface area (Å²) < 4.78 is 0. The van der Waals surface area contributed by atoms with E-state index in [0.717, 1.165) is 6.42 Å². The first-order valence-corrected chi connectivity index (χ1v) is 5.00. The minimum atomic E-state index is 0.127. The molecule has 6 nitrogen and oxygen atoms in total. The van der Waals surface area contributed by atoms with Gasteiger partial charge in [-0.3, -0.25) is 0 Å². The van der Waals surface area contributed by atoms with Crippen LogP contribution in [-0.2, 0) is 0 Å². The fourth-order valence-electron chi connectivity index (χ4n) is 1.52. The molecule has 0 fully saturated rings. The molecule has 0 aliphatic heterocycles. The molecule has 1 aromatic heterocycles. The quantitative estimate of drug-likeness (QED) is 0.691. The fourth-order valence-corrected chi connectivity index (χ4v) is 1.52.